The van der Waals surface area contributed by atoms with Crippen LogP contribution in [0.3, 0.4) is 0 Å². The summed E-state index contributed by atoms with van der Waals surface area (Å²) in [6.45, 7) is 0.726. The molecule has 0 spiro atoms. The molecule has 3 nitrogen and oxygen atoms in total. The highest BCUT2D eigenvalue weighted by molar-refractivity contribution is 7.18. The number of pyridine rings is 1. The molecule has 0 radical (unpaired) electrons. The highest BCUT2D eigenvalue weighted by Crippen LogP contribution is 2.19. The van der Waals surface area contributed by atoms with E-state index in [0.29, 0.717) is 0 Å². The molecule has 0 aliphatic carbocycles. The van der Waals surface area contributed by atoms with Crippen molar-refractivity contribution >= 4 is 21.7 Å². The lowest BCUT2D eigenvalue weighted by Crippen LogP contribution is -1.99. The summed E-state index contributed by atoms with van der Waals surface area (Å²) in [5.74, 6) is 0. The molecular weight excluding hydrogens is 182 g/mol. The molecule has 0 fully saturated rings. The number of aromatic nitrogens is 2. The molecule has 2 heterocycles. The molecule has 0 aliphatic rings. The van der Waals surface area contributed by atoms with Crippen molar-refractivity contribution in [1.82, 2.24) is 9.97 Å². The summed E-state index contributed by atoms with van der Waals surface area (Å²) >= 11 is 1.66. The molecule has 2 rings (SSSR count). The Morgan fingerprint density at radius 2 is 2.38 bits per heavy atom. The van der Waals surface area contributed by atoms with Gasteiger partial charge in [0.15, 0.2) is 0 Å². The van der Waals surface area contributed by atoms with Crippen LogP contribution in [-0.4, -0.2) is 16.5 Å². The van der Waals surface area contributed by atoms with Crippen molar-refractivity contribution in [2.45, 2.75) is 12.8 Å². The van der Waals surface area contributed by atoms with Crippen molar-refractivity contribution in [2.24, 2.45) is 5.73 Å². The number of hydrogen-bond donors (Lipinski definition) is 1. The number of fused-ring (bicyclic) bond motifs is 1. The molecule has 4 heteroatoms. The summed E-state index contributed by atoms with van der Waals surface area (Å²) < 4.78 is 0. The summed E-state index contributed by atoms with van der Waals surface area (Å²) in [7, 11) is 0. The minimum Gasteiger partial charge on any atom is -0.330 e. The van der Waals surface area contributed by atoms with Crippen LogP contribution in [0.2, 0.25) is 0 Å². The van der Waals surface area contributed by atoms with Gasteiger partial charge in [0.25, 0.3) is 0 Å². The van der Waals surface area contributed by atoms with E-state index < -0.39 is 0 Å². The van der Waals surface area contributed by atoms with Crippen molar-refractivity contribution in [1.29, 1.82) is 0 Å². The minimum absolute atomic E-state index is 0.726. The Hall–Kier alpha value is -1.00. The first-order valence-electron chi connectivity index (χ1n) is 4.30. The summed E-state index contributed by atoms with van der Waals surface area (Å²) in [4.78, 5) is 9.71. The second-order valence-electron chi connectivity index (χ2n) is 2.83. The number of nitrogens with two attached hydrogens (primary N) is 1. The second-order valence-corrected chi connectivity index (χ2v) is 3.89. The zero-order chi connectivity index (χ0) is 9.10. The van der Waals surface area contributed by atoms with Crippen molar-refractivity contribution < 1.29 is 0 Å². The van der Waals surface area contributed by atoms with E-state index in [1.165, 1.54) is 0 Å². The molecule has 0 saturated heterocycles. The van der Waals surface area contributed by atoms with Gasteiger partial charge >= 0.3 is 0 Å². The van der Waals surface area contributed by atoms with E-state index in [9.17, 15) is 0 Å². The largest absolute Gasteiger partial charge is 0.330 e. The Labute approximate surface area is 80.6 Å². The van der Waals surface area contributed by atoms with E-state index in [2.05, 4.69) is 9.97 Å². The molecule has 0 aromatic carbocycles. The first kappa shape index (κ1) is 8.59. The third-order valence-corrected chi connectivity index (χ3v) is 2.84. The number of hydrogen-bond acceptors (Lipinski definition) is 4. The third kappa shape index (κ3) is 1.84. The Morgan fingerprint density at radius 1 is 1.46 bits per heavy atom. The smallest absolute Gasteiger partial charge is 0.143 e. The van der Waals surface area contributed by atoms with Crippen LogP contribution in [0.4, 0.5) is 0 Å². The lowest BCUT2D eigenvalue weighted by atomic mass is 10.3. The fourth-order valence-corrected chi connectivity index (χ4v) is 2.12. The van der Waals surface area contributed by atoms with Gasteiger partial charge < -0.3 is 5.73 Å². The molecule has 2 N–H and O–H groups in total. The maximum absolute atomic E-state index is 5.43. The topological polar surface area (TPSA) is 51.8 Å². The first-order chi connectivity index (χ1) is 6.40. The zero-order valence-electron chi connectivity index (χ0n) is 7.23. The van der Waals surface area contributed by atoms with Crippen molar-refractivity contribution in [3.63, 3.8) is 0 Å². The van der Waals surface area contributed by atoms with Crippen molar-refractivity contribution in [3.8, 4) is 0 Å². The van der Waals surface area contributed by atoms with Gasteiger partial charge in [0.05, 0.1) is 5.01 Å². The van der Waals surface area contributed by atoms with Crippen LogP contribution >= 0.6 is 11.3 Å². The van der Waals surface area contributed by atoms with Gasteiger partial charge in [-0.3, -0.25) is 0 Å². The van der Waals surface area contributed by atoms with Crippen LogP contribution in [-0.2, 0) is 6.42 Å². The highest BCUT2D eigenvalue weighted by Gasteiger charge is 2.02. The van der Waals surface area contributed by atoms with E-state index in [4.69, 9.17) is 5.73 Å². The summed E-state index contributed by atoms with van der Waals surface area (Å²) in [5.41, 5.74) is 6.43. The minimum atomic E-state index is 0.726. The van der Waals surface area contributed by atoms with E-state index in [1.807, 2.05) is 12.1 Å². The van der Waals surface area contributed by atoms with Crippen LogP contribution in [0.15, 0.2) is 18.3 Å². The number of aryl methyl sites for hydroxylation is 1. The predicted octanol–water partition coefficient (Wildman–Crippen LogP) is 1.58. The van der Waals surface area contributed by atoms with Crippen LogP contribution in [0.25, 0.3) is 10.3 Å². The molecule has 68 valence electrons. The molecular formula is C9H11N3S. The summed E-state index contributed by atoms with van der Waals surface area (Å²) in [6, 6.07) is 3.90. The summed E-state index contributed by atoms with van der Waals surface area (Å²) in [6.07, 6.45) is 3.77. The van der Waals surface area contributed by atoms with Crippen LogP contribution in [0.5, 0.6) is 0 Å². The fourth-order valence-electron chi connectivity index (χ4n) is 1.18. The van der Waals surface area contributed by atoms with Gasteiger partial charge in [0.2, 0.25) is 0 Å². The third-order valence-electron chi connectivity index (χ3n) is 1.81. The number of nitrogens with zero attached hydrogens (tertiary/aromatic N) is 2. The number of thiazole rings is 1. The maximum Gasteiger partial charge on any atom is 0.143 e. The monoisotopic (exact) mass is 193 g/mol. The first-order valence-corrected chi connectivity index (χ1v) is 5.12. The molecule has 0 unspecified atom stereocenters. The van der Waals surface area contributed by atoms with Gasteiger partial charge in [-0.1, -0.05) is 11.3 Å². The van der Waals surface area contributed by atoms with Gasteiger partial charge in [-0.05, 0) is 25.1 Å². The second kappa shape index (κ2) is 3.81. The molecule has 2 aromatic heterocycles. The maximum atomic E-state index is 5.43. The molecule has 0 bridgehead atoms. The van der Waals surface area contributed by atoms with E-state index in [1.54, 1.807) is 17.5 Å². The number of rotatable bonds is 3. The van der Waals surface area contributed by atoms with Crippen molar-refractivity contribution in [2.75, 3.05) is 6.54 Å². The van der Waals surface area contributed by atoms with Crippen LogP contribution in [0, 0.1) is 0 Å². The molecule has 2 aromatic rings. The van der Waals surface area contributed by atoms with Gasteiger partial charge in [-0.2, -0.15) is 0 Å². The molecule has 0 atom stereocenters. The van der Waals surface area contributed by atoms with E-state index in [-0.39, 0.29) is 0 Å². The Morgan fingerprint density at radius 3 is 3.15 bits per heavy atom. The molecule has 0 saturated carbocycles. The Balaban J connectivity index is 2.28. The van der Waals surface area contributed by atoms with Gasteiger partial charge in [0.1, 0.15) is 10.3 Å². The SMILES string of the molecule is NCCCc1nc2cccnc2s1. The van der Waals surface area contributed by atoms with Crippen molar-refractivity contribution in [3.05, 3.63) is 23.3 Å². The molecule has 13 heavy (non-hydrogen) atoms. The Bertz CT molecular complexity index is 363. The van der Waals surface area contributed by atoms with Gasteiger partial charge in [-0.15, -0.1) is 0 Å². The van der Waals surface area contributed by atoms with Gasteiger partial charge in [0, 0.05) is 12.6 Å². The zero-order valence-corrected chi connectivity index (χ0v) is 8.05. The van der Waals surface area contributed by atoms with Gasteiger partial charge in [-0.25, -0.2) is 9.97 Å². The normalized spacial score (nSPS) is 10.8. The molecule has 0 amide bonds. The standard InChI is InChI=1S/C9H11N3S/c10-5-1-4-8-12-7-3-2-6-11-9(7)13-8/h2-3,6H,1,4-5,10H2. The van der Waals surface area contributed by atoms with Crippen LogP contribution in [0.1, 0.15) is 11.4 Å². The predicted molar refractivity (Wildman–Crippen MR) is 54.8 cm³/mol. The van der Waals surface area contributed by atoms with Crippen LogP contribution < -0.4 is 5.73 Å². The highest BCUT2D eigenvalue weighted by atomic mass is 32.1. The summed E-state index contributed by atoms with van der Waals surface area (Å²) in [5, 5.41) is 1.14. The van der Waals surface area contributed by atoms with E-state index >= 15 is 0 Å². The lowest BCUT2D eigenvalue weighted by Gasteiger charge is -1.89. The Kier molecular flexibility index (Phi) is 2.52. The molecule has 0 aliphatic heterocycles. The fraction of sp³-hybridized carbons (Fsp3) is 0.333. The average molecular weight is 193 g/mol. The van der Waals surface area contributed by atoms with E-state index in [0.717, 1.165) is 34.7 Å². The quantitative estimate of drug-likeness (QED) is 0.805. The lowest BCUT2D eigenvalue weighted by molar-refractivity contribution is 0.828. The average Bonchev–Trinajstić information content (AvgIpc) is 2.57.